The number of ether oxygens (including phenoxy) is 1. The Morgan fingerprint density at radius 1 is 1.25 bits per heavy atom. The third-order valence-corrected chi connectivity index (χ3v) is 5.07. The van der Waals surface area contributed by atoms with Gasteiger partial charge in [-0.15, -0.1) is 0 Å². The molecule has 2 heterocycles. The van der Waals surface area contributed by atoms with Gasteiger partial charge in [-0.05, 0) is 25.9 Å². The number of halogens is 2. The minimum absolute atomic E-state index is 0.0422. The van der Waals surface area contributed by atoms with E-state index in [1.165, 1.54) is 12.0 Å². The first-order valence-electron chi connectivity index (χ1n) is 8.30. The minimum Gasteiger partial charge on any atom is -0.492 e. The van der Waals surface area contributed by atoms with E-state index in [1.807, 2.05) is 20.8 Å². The van der Waals surface area contributed by atoms with E-state index in [2.05, 4.69) is 5.32 Å². The molecule has 6 heteroatoms. The molecule has 2 aliphatic heterocycles. The number of amides is 1. The van der Waals surface area contributed by atoms with E-state index in [0.717, 1.165) is 19.2 Å². The van der Waals surface area contributed by atoms with Gasteiger partial charge in [0.25, 0.3) is 0 Å². The number of hydrogen-bond acceptors (Lipinski definition) is 3. The first kappa shape index (κ1) is 17.1. The van der Waals surface area contributed by atoms with Crippen LogP contribution in [0.5, 0.6) is 5.75 Å². The summed E-state index contributed by atoms with van der Waals surface area (Å²) >= 11 is 0. The van der Waals surface area contributed by atoms with Gasteiger partial charge < -0.3 is 15.0 Å². The molecule has 1 aromatic carbocycles. The van der Waals surface area contributed by atoms with Crippen LogP contribution in [0.15, 0.2) is 6.07 Å². The molecule has 1 saturated heterocycles. The number of piperidine rings is 1. The van der Waals surface area contributed by atoms with Crippen molar-refractivity contribution in [3.8, 4) is 5.75 Å². The first-order chi connectivity index (χ1) is 11.2. The number of hydrogen-bond donors (Lipinski definition) is 1. The van der Waals surface area contributed by atoms with Crippen molar-refractivity contribution in [1.29, 1.82) is 0 Å². The molecule has 132 valence electrons. The van der Waals surface area contributed by atoms with Gasteiger partial charge in [-0.1, -0.05) is 20.8 Å². The molecule has 1 N–H and O–H groups in total. The second kappa shape index (κ2) is 5.69. The number of benzene rings is 1. The molecule has 0 unspecified atom stereocenters. The lowest BCUT2D eigenvalue weighted by Gasteiger charge is -2.35. The molecule has 0 saturated carbocycles. The molecular formula is C18H24F2N2O2. The zero-order valence-electron chi connectivity index (χ0n) is 14.6. The molecule has 0 radical (unpaired) electrons. The average molecular weight is 338 g/mol. The SMILES string of the molecule is COc1c(F)cc(F)c2c1N(C(=O)C(C)(C)C)CC21CCNCC1. The Morgan fingerprint density at radius 2 is 1.88 bits per heavy atom. The number of methoxy groups -OCH3 is 1. The Balaban J connectivity index is 2.23. The molecule has 1 fully saturated rings. The first-order valence-corrected chi connectivity index (χ1v) is 8.30. The second-order valence-electron chi connectivity index (χ2n) is 7.77. The third kappa shape index (κ3) is 2.48. The molecule has 0 aromatic heterocycles. The summed E-state index contributed by atoms with van der Waals surface area (Å²) in [6.45, 7) is 7.29. The van der Waals surface area contributed by atoms with Crippen LogP contribution in [-0.4, -0.2) is 32.7 Å². The zero-order valence-corrected chi connectivity index (χ0v) is 14.6. The molecule has 0 bridgehead atoms. The number of rotatable bonds is 1. The average Bonchev–Trinajstić information content (AvgIpc) is 2.81. The second-order valence-corrected chi connectivity index (χ2v) is 7.77. The molecule has 3 rings (SSSR count). The van der Waals surface area contributed by atoms with Crippen LogP contribution in [0.2, 0.25) is 0 Å². The Bertz CT molecular complexity index is 677. The molecule has 24 heavy (non-hydrogen) atoms. The Hall–Kier alpha value is -1.69. The number of anilines is 1. The van der Waals surface area contributed by atoms with Crippen molar-refractivity contribution in [1.82, 2.24) is 5.32 Å². The number of carbonyl (C=O) groups excluding carboxylic acids is 1. The minimum atomic E-state index is -0.772. The van der Waals surface area contributed by atoms with Crippen LogP contribution in [0.25, 0.3) is 0 Å². The Kier molecular flexibility index (Phi) is 4.06. The maximum Gasteiger partial charge on any atom is 0.232 e. The van der Waals surface area contributed by atoms with Gasteiger partial charge in [0.05, 0.1) is 12.8 Å². The van der Waals surface area contributed by atoms with E-state index < -0.39 is 22.5 Å². The smallest absolute Gasteiger partial charge is 0.232 e. The highest BCUT2D eigenvalue weighted by molar-refractivity contribution is 6.01. The van der Waals surface area contributed by atoms with Crippen LogP contribution in [0, 0.1) is 17.0 Å². The highest BCUT2D eigenvalue weighted by Gasteiger charge is 2.50. The quantitative estimate of drug-likeness (QED) is 0.856. The van der Waals surface area contributed by atoms with E-state index in [0.29, 0.717) is 24.9 Å². The number of fused-ring (bicyclic) bond motifs is 2. The van der Waals surface area contributed by atoms with E-state index in [4.69, 9.17) is 4.74 Å². The van der Waals surface area contributed by atoms with E-state index in [-0.39, 0.29) is 17.3 Å². The predicted molar refractivity (Wildman–Crippen MR) is 88.5 cm³/mol. The molecule has 1 aromatic rings. The standard InChI is InChI=1S/C18H24F2N2O2/c1-17(2,3)16(23)22-10-18(5-7-21-8-6-18)13-11(19)9-12(20)15(24-4)14(13)22/h9,21H,5-8,10H2,1-4H3. The molecule has 0 aliphatic carbocycles. The lowest BCUT2D eigenvalue weighted by molar-refractivity contribution is -0.125. The highest BCUT2D eigenvalue weighted by atomic mass is 19.1. The van der Waals surface area contributed by atoms with Crippen molar-refractivity contribution in [2.75, 3.05) is 31.6 Å². The van der Waals surface area contributed by atoms with Crippen molar-refractivity contribution in [3.63, 3.8) is 0 Å². The van der Waals surface area contributed by atoms with E-state index in [1.54, 1.807) is 0 Å². The van der Waals surface area contributed by atoms with Crippen molar-refractivity contribution in [2.24, 2.45) is 5.41 Å². The van der Waals surface area contributed by atoms with Crippen molar-refractivity contribution in [2.45, 2.75) is 39.0 Å². The summed E-state index contributed by atoms with van der Waals surface area (Å²) in [7, 11) is 1.35. The van der Waals surface area contributed by atoms with Crippen LogP contribution in [0.1, 0.15) is 39.2 Å². The third-order valence-electron chi connectivity index (χ3n) is 5.07. The molecule has 2 aliphatic rings. The largest absolute Gasteiger partial charge is 0.492 e. The lowest BCUT2D eigenvalue weighted by Crippen LogP contribution is -2.46. The molecule has 4 nitrogen and oxygen atoms in total. The van der Waals surface area contributed by atoms with Gasteiger partial charge in [-0.3, -0.25) is 4.79 Å². The molecule has 0 atom stereocenters. The number of carbonyl (C=O) groups is 1. The summed E-state index contributed by atoms with van der Waals surface area (Å²) in [5.74, 6) is -1.55. The van der Waals surface area contributed by atoms with Gasteiger partial charge in [0.1, 0.15) is 5.82 Å². The Labute approximate surface area is 141 Å². The topological polar surface area (TPSA) is 41.6 Å². The summed E-state index contributed by atoms with van der Waals surface area (Å²) in [5.41, 5.74) is -0.424. The molecule has 1 spiro atoms. The van der Waals surface area contributed by atoms with Gasteiger partial charge in [0.2, 0.25) is 5.91 Å². The monoisotopic (exact) mass is 338 g/mol. The fourth-order valence-electron chi connectivity index (χ4n) is 3.90. The fourth-order valence-corrected chi connectivity index (χ4v) is 3.90. The highest BCUT2D eigenvalue weighted by Crippen LogP contribution is 2.52. The number of nitrogens with one attached hydrogen (secondary N) is 1. The zero-order chi connectivity index (χ0) is 17.7. The van der Waals surface area contributed by atoms with Gasteiger partial charge in [-0.2, -0.15) is 0 Å². The van der Waals surface area contributed by atoms with E-state index in [9.17, 15) is 13.6 Å². The maximum absolute atomic E-state index is 14.8. The van der Waals surface area contributed by atoms with Crippen molar-refractivity contribution >= 4 is 11.6 Å². The van der Waals surface area contributed by atoms with Gasteiger partial charge in [-0.25, -0.2) is 8.78 Å². The van der Waals surface area contributed by atoms with Crippen molar-refractivity contribution in [3.05, 3.63) is 23.3 Å². The van der Waals surface area contributed by atoms with Crippen LogP contribution in [0.4, 0.5) is 14.5 Å². The maximum atomic E-state index is 14.8. The van der Waals surface area contributed by atoms with Gasteiger partial charge >= 0.3 is 0 Å². The summed E-state index contributed by atoms with van der Waals surface area (Å²) in [6.07, 6.45) is 1.42. The lowest BCUT2D eigenvalue weighted by atomic mass is 9.74. The number of nitrogens with zero attached hydrogens (tertiary/aromatic N) is 1. The van der Waals surface area contributed by atoms with Crippen LogP contribution >= 0.6 is 0 Å². The van der Waals surface area contributed by atoms with Crippen molar-refractivity contribution < 1.29 is 18.3 Å². The summed E-state index contributed by atoms with van der Waals surface area (Å²) in [4.78, 5) is 14.5. The summed E-state index contributed by atoms with van der Waals surface area (Å²) in [6, 6.07) is 0.881. The molecular weight excluding hydrogens is 314 g/mol. The van der Waals surface area contributed by atoms with Crippen LogP contribution in [0.3, 0.4) is 0 Å². The van der Waals surface area contributed by atoms with Crippen LogP contribution < -0.4 is 15.0 Å². The predicted octanol–water partition coefficient (Wildman–Crippen LogP) is 2.99. The van der Waals surface area contributed by atoms with E-state index >= 15 is 0 Å². The van der Waals surface area contributed by atoms with Gasteiger partial charge in [0.15, 0.2) is 11.6 Å². The summed E-state index contributed by atoms with van der Waals surface area (Å²) in [5, 5.41) is 3.27. The fraction of sp³-hybridized carbons (Fsp3) is 0.611. The summed E-state index contributed by atoms with van der Waals surface area (Å²) < 4.78 is 34.3. The van der Waals surface area contributed by atoms with Gasteiger partial charge in [0, 0.05) is 29.0 Å². The molecule has 1 amide bonds. The normalized spacial score (nSPS) is 19.5. The van der Waals surface area contributed by atoms with Crippen LogP contribution in [-0.2, 0) is 10.2 Å². The Morgan fingerprint density at radius 3 is 2.42 bits per heavy atom.